The Morgan fingerprint density at radius 1 is 1.53 bits per heavy atom. The first-order chi connectivity index (χ1) is 6.96. The van der Waals surface area contributed by atoms with Crippen molar-refractivity contribution in [2.75, 3.05) is 26.2 Å². The maximum atomic E-state index is 5.90. The van der Waals surface area contributed by atoms with Crippen LogP contribution < -0.4 is 5.73 Å². The summed E-state index contributed by atoms with van der Waals surface area (Å²) in [5, 5.41) is 0. The topological polar surface area (TPSA) is 38.5 Å². The van der Waals surface area contributed by atoms with Crippen LogP contribution in [0.25, 0.3) is 0 Å². The highest BCUT2D eigenvalue weighted by Gasteiger charge is 2.32. The van der Waals surface area contributed by atoms with E-state index in [1.807, 2.05) is 0 Å². The molecule has 1 saturated heterocycles. The fraction of sp³-hybridized carbons (Fsp3) is 1.00. The number of nitrogens with two attached hydrogens (primary N) is 1. The molecule has 3 heteroatoms. The monoisotopic (exact) mass is 214 g/mol. The van der Waals surface area contributed by atoms with Gasteiger partial charge in [0.05, 0.1) is 11.7 Å². The second-order valence-corrected chi connectivity index (χ2v) is 5.44. The quantitative estimate of drug-likeness (QED) is 0.770. The van der Waals surface area contributed by atoms with E-state index in [4.69, 9.17) is 10.5 Å². The van der Waals surface area contributed by atoms with E-state index < -0.39 is 0 Å². The van der Waals surface area contributed by atoms with Crippen LogP contribution in [0, 0.1) is 5.92 Å². The van der Waals surface area contributed by atoms with Gasteiger partial charge in [-0.1, -0.05) is 20.3 Å². The molecule has 0 saturated carbocycles. The largest absolute Gasteiger partial charge is 0.368 e. The average molecular weight is 214 g/mol. The van der Waals surface area contributed by atoms with Crippen LogP contribution in [0.5, 0.6) is 0 Å². The number of nitrogens with zero attached hydrogens (tertiary/aromatic N) is 1. The van der Waals surface area contributed by atoms with Gasteiger partial charge in [-0.25, -0.2) is 0 Å². The normalized spacial score (nSPS) is 29.0. The predicted octanol–water partition coefficient (Wildman–Crippen LogP) is 1.47. The number of morpholine rings is 1. The third kappa shape index (κ3) is 4.09. The highest BCUT2D eigenvalue weighted by atomic mass is 16.5. The summed E-state index contributed by atoms with van der Waals surface area (Å²) in [6, 6.07) is 0. The summed E-state index contributed by atoms with van der Waals surface area (Å²) < 4.78 is 5.90. The van der Waals surface area contributed by atoms with E-state index in [1.165, 1.54) is 13.0 Å². The van der Waals surface area contributed by atoms with Gasteiger partial charge in [0.2, 0.25) is 0 Å². The molecule has 0 spiro atoms. The van der Waals surface area contributed by atoms with Gasteiger partial charge in [-0.2, -0.15) is 0 Å². The van der Waals surface area contributed by atoms with E-state index >= 15 is 0 Å². The summed E-state index contributed by atoms with van der Waals surface area (Å²) >= 11 is 0. The first kappa shape index (κ1) is 12.9. The van der Waals surface area contributed by atoms with Crippen LogP contribution in [-0.4, -0.2) is 42.8 Å². The molecule has 3 nitrogen and oxygen atoms in total. The fourth-order valence-electron chi connectivity index (χ4n) is 2.25. The minimum Gasteiger partial charge on any atom is -0.368 e. The van der Waals surface area contributed by atoms with Gasteiger partial charge < -0.3 is 10.5 Å². The van der Waals surface area contributed by atoms with E-state index in [2.05, 4.69) is 32.6 Å². The lowest BCUT2D eigenvalue weighted by molar-refractivity contribution is -0.133. The van der Waals surface area contributed by atoms with Crippen LogP contribution in [-0.2, 0) is 4.74 Å². The lowest BCUT2D eigenvalue weighted by Crippen LogP contribution is -2.55. The average Bonchev–Trinajstić information content (AvgIpc) is 2.15. The van der Waals surface area contributed by atoms with Gasteiger partial charge in [-0.05, 0) is 19.8 Å². The van der Waals surface area contributed by atoms with Crippen LogP contribution >= 0.6 is 0 Å². The summed E-state index contributed by atoms with van der Waals surface area (Å²) in [5.74, 6) is 0.761. The molecule has 2 unspecified atom stereocenters. The minimum atomic E-state index is -0.0459. The highest BCUT2D eigenvalue weighted by Crippen LogP contribution is 2.21. The smallest absolute Gasteiger partial charge is 0.0831 e. The van der Waals surface area contributed by atoms with Crippen LogP contribution in [0.15, 0.2) is 0 Å². The summed E-state index contributed by atoms with van der Waals surface area (Å²) in [5.41, 5.74) is 5.65. The molecule has 1 fully saturated rings. The molecule has 0 aromatic rings. The minimum absolute atomic E-state index is 0.0459. The van der Waals surface area contributed by atoms with Gasteiger partial charge in [0.25, 0.3) is 0 Å². The summed E-state index contributed by atoms with van der Waals surface area (Å²) in [4.78, 5) is 2.50. The second kappa shape index (κ2) is 5.28. The Morgan fingerprint density at radius 2 is 2.20 bits per heavy atom. The van der Waals surface area contributed by atoms with Crippen molar-refractivity contribution in [2.24, 2.45) is 11.7 Å². The maximum Gasteiger partial charge on any atom is 0.0831 e. The Hall–Kier alpha value is -0.120. The van der Waals surface area contributed by atoms with Crippen LogP contribution in [0.2, 0.25) is 0 Å². The molecule has 2 atom stereocenters. The van der Waals surface area contributed by atoms with Gasteiger partial charge in [0, 0.05) is 26.2 Å². The van der Waals surface area contributed by atoms with Crippen molar-refractivity contribution in [3.05, 3.63) is 0 Å². The third-order valence-corrected chi connectivity index (χ3v) is 3.08. The molecule has 2 N–H and O–H groups in total. The number of rotatable bonds is 4. The standard InChI is InChI=1S/C12H26N2O/c1-5-10(2)7-14-8-11(6-13)15-12(3,4)9-14/h10-11H,5-9,13H2,1-4H3. The van der Waals surface area contributed by atoms with Crippen molar-refractivity contribution in [1.29, 1.82) is 0 Å². The molecule has 0 aromatic carbocycles. The molecular weight excluding hydrogens is 188 g/mol. The summed E-state index contributed by atoms with van der Waals surface area (Å²) in [6.45, 7) is 12.7. The second-order valence-electron chi connectivity index (χ2n) is 5.44. The Bertz CT molecular complexity index is 192. The Balaban J connectivity index is 2.50. The zero-order valence-corrected chi connectivity index (χ0v) is 10.6. The van der Waals surface area contributed by atoms with Crippen LogP contribution in [0.1, 0.15) is 34.1 Å². The molecule has 0 amide bonds. The number of hydrogen-bond donors (Lipinski definition) is 1. The molecule has 1 rings (SSSR count). The van der Waals surface area contributed by atoms with Gasteiger partial charge in [-0.3, -0.25) is 4.90 Å². The molecule has 1 aliphatic heterocycles. The Kier molecular flexibility index (Phi) is 4.56. The number of hydrogen-bond acceptors (Lipinski definition) is 3. The van der Waals surface area contributed by atoms with E-state index in [1.54, 1.807) is 0 Å². The van der Waals surface area contributed by atoms with E-state index in [0.717, 1.165) is 19.0 Å². The molecule has 1 heterocycles. The molecule has 0 aromatic heterocycles. The molecule has 90 valence electrons. The van der Waals surface area contributed by atoms with Crippen molar-refractivity contribution in [1.82, 2.24) is 4.90 Å². The lowest BCUT2D eigenvalue weighted by atomic mass is 10.0. The van der Waals surface area contributed by atoms with Gasteiger partial charge in [0.15, 0.2) is 0 Å². The molecule has 15 heavy (non-hydrogen) atoms. The zero-order chi connectivity index (χ0) is 11.5. The first-order valence-corrected chi connectivity index (χ1v) is 6.07. The zero-order valence-electron chi connectivity index (χ0n) is 10.6. The Morgan fingerprint density at radius 3 is 2.73 bits per heavy atom. The third-order valence-electron chi connectivity index (χ3n) is 3.08. The molecular formula is C12H26N2O. The van der Waals surface area contributed by atoms with Gasteiger partial charge in [-0.15, -0.1) is 0 Å². The molecule has 1 aliphatic rings. The first-order valence-electron chi connectivity index (χ1n) is 6.07. The Labute approximate surface area is 94.0 Å². The van der Waals surface area contributed by atoms with E-state index in [9.17, 15) is 0 Å². The number of ether oxygens (including phenoxy) is 1. The van der Waals surface area contributed by atoms with Crippen molar-refractivity contribution in [3.8, 4) is 0 Å². The van der Waals surface area contributed by atoms with Crippen molar-refractivity contribution in [3.63, 3.8) is 0 Å². The van der Waals surface area contributed by atoms with Crippen LogP contribution in [0.3, 0.4) is 0 Å². The SMILES string of the molecule is CCC(C)CN1CC(CN)OC(C)(C)C1. The molecule has 0 aliphatic carbocycles. The summed E-state index contributed by atoms with van der Waals surface area (Å²) in [7, 11) is 0. The summed E-state index contributed by atoms with van der Waals surface area (Å²) in [6.07, 6.45) is 1.45. The predicted molar refractivity (Wildman–Crippen MR) is 63.9 cm³/mol. The van der Waals surface area contributed by atoms with Crippen molar-refractivity contribution >= 4 is 0 Å². The van der Waals surface area contributed by atoms with Gasteiger partial charge >= 0.3 is 0 Å². The molecule has 0 radical (unpaired) electrons. The fourth-order valence-corrected chi connectivity index (χ4v) is 2.25. The van der Waals surface area contributed by atoms with E-state index in [0.29, 0.717) is 6.54 Å². The van der Waals surface area contributed by atoms with Crippen molar-refractivity contribution in [2.45, 2.75) is 45.8 Å². The highest BCUT2D eigenvalue weighted by molar-refractivity contribution is 4.84. The lowest BCUT2D eigenvalue weighted by Gasteiger charge is -2.43. The molecule has 0 bridgehead atoms. The maximum absolute atomic E-state index is 5.90. The van der Waals surface area contributed by atoms with Gasteiger partial charge in [0.1, 0.15) is 0 Å². The van der Waals surface area contributed by atoms with Crippen molar-refractivity contribution < 1.29 is 4.74 Å². The van der Waals surface area contributed by atoms with E-state index in [-0.39, 0.29) is 11.7 Å². The van der Waals surface area contributed by atoms with Crippen LogP contribution in [0.4, 0.5) is 0 Å².